The molecule has 1 nitrogen and oxygen atoms in total. The van der Waals surface area contributed by atoms with Gasteiger partial charge in [-0.05, 0) is 73.5 Å². The monoisotopic (exact) mass is 442 g/mol. The first-order valence-electron chi connectivity index (χ1n) is 12.6. The number of allylic oxidation sites excluding steroid dienone is 2. The van der Waals surface area contributed by atoms with E-state index in [4.69, 9.17) is 20.4 Å². The van der Waals surface area contributed by atoms with Crippen LogP contribution in [0.4, 0.5) is 0 Å². The van der Waals surface area contributed by atoms with Gasteiger partial charge in [-0.2, -0.15) is 0 Å². The molecule has 32 heavy (non-hydrogen) atoms. The van der Waals surface area contributed by atoms with E-state index in [1.807, 2.05) is 0 Å². The second-order valence-corrected chi connectivity index (χ2v) is 15.2. The highest BCUT2D eigenvalue weighted by molar-refractivity contribution is 6.32. The van der Waals surface area contributed by atoms with Crippen molar-refractivity contribution in [1.82, 2.24) is 0 Å². The number of ether oxygens (including phenoxy) is 1. The fourth-order valence-corrected chi connectivity index (χ4v) is 5.06. The Kier molecular flexibility index (Phi) is 9.42. The maximum absolute atomic E-state index is 6.99. The Labute approximate surface area is 206 Å². The van der Waals surface area contributed by atoms with E-state index in [1.165, 1.54) is 0 Å². The van der Waals surface area contributed by atoms with Gasteiger partial charge in [0.2, 0.25) is 0 Å². The molecule has 0 bridgehead atoms. The topological polar surface area (TPSA) is 9.23 Å². The van der Waals surface area contributed by atoms with Gasteiger partial charge >= 0.3 is 0 Å². The number of hydrogen-bond donors (Lipinski definition) is 0. The molecule has 0 aromatic heterocycles. The second-order valence-electron chi connectivity index (χ2n) is 15.2. The molecule has 0 aliphatic rings. The van der Waals surface area contributed by atoms with Gasteiger partial charge in [0.1, 0.15) is 15.7 Å². The molecule has 0 aliphatic heterocycles. The molecule has 0 saturated carbocycles. The zero-order chi connectivity index (χ0) is 26.4. The standard InChI is InChI=1S/C29H56B2O/c1-20(2)26(10,11)28(14,15)32-29(16,17)27(12,13)25(8,9)18-21(30)22(31)24(6,7)19-23(3,4)5/h20H,18-19H2,1-17H3/b22-21+. The van der Waals surface area contributed by atoms with Crippen molar-refractivity contribution in [2.45, 2.75) is 142 Å². The van der Waals surface area contributed by atoms with E-state index in [0.717, 1.165) is 23.8 Å². The summed E-state index contributed by atoms with van der Waals surface area (Å²) in [6, 6.07) is 0. The predicted octanol–water partition coefficient (Wildman–Crippen LogP) is 8.70. The van der Waals surface area contributed by atoms with E-state index < -0.39 is 0 Å². The van der Waals surface area contributed by atoms with Crippen LogP contribution in [0.3, 0.4) is 0 Å². The zero-order valence-corrected chi connectivity index (χ0v) is 25.1. The van der Waals surface area contributed by atoms with Crippen molar-refractivity contribution in [2.75, 3.05) is 0 Å². The van der Waals surface area contributed by atoms with Gasteiger partial charge < -0.3 is 4.74 Å². The summed E-state index contributed by atoms with van der Waals surface area (Å²) in [5, 5.41) is 0. The molecule has 0 amide bonds. The number of hydrogen-bond acceptors (Lipinski definition) is 1. The van der Waals surface area contributed by atoms with Gasteiger partial charge in [0, 0.05) is 0 Å². The summed E-state index contributed by atoms with van der Waals surface area (Å²) in [7, 11) is 13.4. The quantitative estimate of drug-likeness (QED) is 0.308. The van der Waals surface area contributed by atoms with Gasteiger partial charge in [-0.1, -0.05) is 90.0 Å². The molecule has 0 spiro atoms. The molecule has 0 aromatic carbocycles. The lowest BCUT2D eigenvalue weighted by molar-refractivity contribution is -0.240. The first kappa shape index (κ1) is 31.8. The van der Waals surface area contributed by atoms with Crippen molar-refractivity contribution < 1.29 is 4.74 Å². The lowest BCUT2D eigenvalue weighted by Gasteiger charge is -2.57. The van der Waals surface area contributed by atoms with Gasteiger partial charge in [-0.3, -0.25) is 0 Å². The van der Waals surface area contributed by atoms with Crippen molar-refractivity contribution >= 4 is 15.7 Å². The SMILES string of the molecule is [B]/C(CC(C)(C)C(C)(C)C(C)(C)OC(C)(C)C(C)(C)C(C)C)=C(/[B])C(C)(C)CC(C)(C)C. The fourth-order valence-electron chi connectivity index (χ4n) is 5.06. The van der Waals surface area contributed by atoms with Gasteiger partial charge in [0.25, 0.3) is 0 Å². The van der Waals surface area contributed by atoms with Crippen LogP contribution in [0.25, 0.3) is 0 Å². The van der Waals surface area contributed by atoms with E-state index in [-0.39, 0.29) is 38.3 Å². The molecule has 0 atom stereocenters. The smallest absolute Gasteiger partial charge is 0.107 e. The average molecular weight is 442 g/mol. The van der Waals surface area contributed by atoms with Crippen LogP contribution in [0.5, 0.6) is 0 Å². The van der Waals surface area contributed by atoms with Crippen LogP contribution in [0.2, 0.25) is 0 Å². The summed E-state index contributed by atoms with van der Waals surface area (Å²) < 4.78 is 6.99. The van der Waals surface area contributed by atoms with Crippen molar-refractivity contribution in [2.24, 2.45) is 33.0 Å². The normalized spacial score (nSPS) is 16.4. The molecule has 0 rings (SSSR count). The maximum Gasteiger partial charge on any atom is 0.107 e. The lowest BCUT2D eigenvalue weighted by Crippen LogP contribution is -2.57. The molecule has 0 fully saturated rings. The van der Waals surface area contributed by atoms with Crippen LogP contribution >= 0.6 is 0 Å². The maximum atomic E-state index is 6.99. The van der Waals surface area contributed by atoms with Crippen LogP contribution in [0.1, 0.15) is 131 Å². The third kappa shape index (κ3) is 6.93. The summed E-state index contributed by atoms with van der Waals surface area (Å²) in [6.07, 6.45) is 1.73. The molecular formula is C29H56B2O. The molecule has 184 valence electrons. The minimum Gasteiger partial charge on any atom is -0.369 e. The van der Waals surface area contributed by atoms with Crippen molar-refractivity contribution in [1.29, 1.82) is 0 Å². The Morgan fingerprint density at radius 2 is 1.09 bits per heavy atom. The average Bonchev–Trinajstić information content (AvgIpc) is 2.49. The van der Waals surface area contributed by atoms with Crippen molar-refractivity contribution in [3.05, 3.63) is 10.9 Å². The molecular weight excluding hydrogens is 386 g/mol. The Hall–Kier alpha value is -0.170. The summed E-state index contributed by atoms with van der Waals surface area (Å²) in [4.78, 5) is 0. The Bertz CT molecular complexity index is 668. The fraction of sp³-hybridized carbons (Fsp3) is 0.931. The number of rotatable bonds is 10. The summed E-state index contributed by atoms with van der Waals surface area (Å²) in [5.41, 5.74) is 0.780. The van der Waals surface area contributed by atoms with Crippen LogP contribution < -0.4 is 0 Å². The summed E-state index contributed by atoms with van der Waals surface area (Å²) >= 11 is 0. The molecule has 4 radical (unpaired) electrons. The second kappa shape index (κ2) is 9.47. The summed E-state index contributed by atoms with van der Waals surface area (Å²) in [5.74, 6) is 0.507. The van der Waals surface area contributed by atoms with Gasteiger partial charge in [0.15, 0.2) is 0 Å². The van der Waals surface area contributed by atoms with Crippen LogP contribution in [0.15, 0.2) is 10.9 Å². The minimum atomic E-state index is -0.373. The highest BCUT2D eigenvalue weighted by atomic mass is 16.5. The third-order valence-corrected chi connectivity index (χ3v) is 9.38. The van der Waals surface area contributed by atoms with Gasteiger partial charge in [0.05, 0.1) is 11.2 Å². The largest absolute Gasteiger partial charge is 0.369 e. The van der Waals surface area contributed by atoms with Crippen molar-refractivity contribution in [3.8, 4) is 0 Å². The zero-order valence-electron chi connectivity index (χ0n) is 25.1. The highest BCUT2D eigenvalue weighted by Gasteiger charge is 2.53. The van der Waals surface area contributed by atoms with Crippen LogP contribution in [0, 0.1) is 33.0 Å². The van der Waals surface area contributed by atoms with E-state index in [2.05, 4.69) is 118 Å². The molecule has 0 unspecified atom stereocenters. The molecule has 0 aromatic rings. The van der Waals surface area contributed by atoms with E-state index >= 15 is 0 Å². The molecule has 0 N–H and O–H groups in total. The molecule has 0 heterocycles. The summed E-state index contributed by atoms with van der Waals surface area (Å²) in [6.45, 7) is 38.5. The van der Waals surface area contributed by atoms with Crippen LogP contribution in [-0.4, -0.2) is 26.9 Å². The van der Waals surface area contributed by atoms with Crippen LogP contribution in [-0.2, 0) is 4.74 Å². The van der Waals surface area contributed by atoms with Crippen molar-refractivity contribution in [3.63, 3.8) is 0 Å². The van der Waals surface area contributed by atoms with Gasteiger partial charge in [-0.15, -0.1) is 10.9 Å². The lowest BCUT2D eigenvalue weighted by atomic mass is 9.54. The first-order valence-corrected chi connectivity index (χ1v) is 12.6. The minimum absolute atomic E-state index is 0.0326. The van der Waals surface area contributed by atoms with E-state index in [9.17, 15) is 0 Å². The van der Waals surface area contributed by atoms with E-state index in [0.29, 0.717) is 5.92 Å². The molecule has 3 heteroatoms. The molecule has 0 aliphatic carbocycles. The van der Waals surface area contributed by atoms with Gasteiger partial charge in [-0.25, -0.2) is 0 Å². The third-order valence-electron chi connectivity index (χ3n) is 9.38. The highest BCUT2D eigenvalue weighted by Crippen LogP contribution is 2.54. The first-order chi connectivity index (χ1) is 13.6. The Balaban J connectivity index is 6.04. The Morgan fingerprint density at radius 3 is 1.44 bits per heavy atom. The van der Waals surface area contributed by atoms with E-state index in [1.54, 1.807) is 0 Å². The predicted molar refractivity (Wildman–Crippen MR) is 146 cm³/mol. The molecule has 0 saturated heterocycles. The Morgan fingerprint density at radius 1 is 0.688 bits per heavy atom.